The van der Waals surface area contributed by atoms with Gasteiger partial charge in [0.05, 0.1) is 12.3 Å². The molecule has 206 valence electrons. The Morgan fingerprint density at radius 1 is 1.20 bits per heavy atom. The molecule has 40 heavy (non-hydrogen) atoms. The SMILES string of the molecule is Cc1cc(N2CC[C@@](C#N)(C3CC3)C2=O)cc(C(=O)NCc2cc(F)cc(-c3cnn(C4CCCCO4)c3)c2)n1. The summed E-state index contributed by atoms with van der Waals surface area (Å²) in [6, 6.07) is 10.3. The second-order valence-electron chi connectivity index (χ2n) is 11.0. The van der Waals surface area contributed by atoms with Gasteiger partial charge < -0.3 is 15.0 Å². The third-order valence-corrected chi connectivity index (χ3v) is 8.11. The highest BCUT2D eigenvalue weighted by molar-refractivity contribution is 6.03. The number of aryl methyl sites for hydroxylation is 1. The maximum Gasteiger partial charge on any atom is 0.270 e. The Kier molecular flexibility index (Phi) is 6.84. The predicted octanol–water partition coefficient (Wildman–Crippen LogP) is 4.68. The van der Waals surface area contributed by atoms with Crippen LogP contribution in [0.1, 0.15) is 66.5 Å². The van der Waals surface area contributed by atoms with Crippen molar-refractivity contribution in [3.63, 3.8) is 0 Å². The van der Waals surface area contributed by atoms with Gasteiger partial charge in [0.2, 0.25) is 5.91 Å². The molecule has 9 nitrogen and oxygen atoms in total. The Labute approximate surface area is 231 Å². The molecular weight excluding hydrogens is 511 g/mol. The summed E-state index contributed by atoms with van der Waals surface area (Å²) in [7, 11) is 0. The number of pyridine rings is 1. The molecule has 4 heterocycles. The van der Waals surface area contributed by atoms with E-state index in [1.807, 2.05) is 12.3 Å². The van der Waals surface area contributed by atoms with Gasteiger partial charge in [-0.05, 0) is 92.8 Å². The summed E-state index contributed by atoms with van der Waals surface area (Å²) >= 11 is 0. The first-order valence-corrected chi connectivity index (χ1v) is 13.8. The molecule has 0 spiro atoms. The van der Waals surface area contributed by atoms with E-state index >= 15 is 0 Å². The number of anilines is 1. The van der Waals surface area contributed by atoms with Crippen molar-refractivity contribution < 1.29 is 18.7 Å². The normalized spacial score (nSPS) is 22.8. The van der Waals surface area contributed by atoms with E-state index in [1.54, 1.807) is 34.8 Å². The molecule has 0 radical (unpaired) electrons. The van der Waals surface area contributed by atoms with Crippen LogP contribution >= 0.6 is 0 Å². The van der Waals surface area contributed by atoms with Crippen molar-refractivity contribution in [1.82, 2.24) is 20.1 Å². The highest BCUT2D eigenvalue weighted by Gasteiger charge is 2.56. The van der Waals surface area contributed by atoms with Gasteiger partial charge in [0.25, 0.3) is 5.91 Å². The van der Waals surface area contributed by atoms with Gasteiger partial charge in [-0.2, -0.15) is 10.4 Å². The van der Waals surface area contributed by atoms with Crippen molar-refractivity contribution in [2.75, 3.05) is 18.1 Å². The fourth-order valence-corrected chi connectivity index (χ4v) is 5.83. The zero-order valence-electron chi connectivity index (χ0n) is 22.4. The van der Waals surface area contributed by atoms with Gasteiger partial charge in [-0.3, -0.25) is 9.59 Å². The number of nitrogens with one attached hydrogen (secondary N) is 1. The summed E-state index contributed by atoms with van der Waals surface area (Å²) in [6.45, 7) is 2.99. The Morgan fingerprint density at radius 3 is 2.80 bits per heavy atom. The minimum Gasteiger partial charge on any atom is -0.357 e. The van der Waals surface area contributed by atoms with Crippen LogP contribution in [0.3, 0.4) is 0 Å². The largest absolute Gasteiger partial charge is 0.357 e. The number of hydrogen-bond acceptors (Lipinski definition) is 6. The van der Waals surface area contributed by atoms with E-state index in [9.17, 15) is 19.2 Å². The van der Waals surface area contributed by atoms with E-state index in [-0.39, 0.29) is 30.3 Å². The van der Waals surface area contributed by atoms with Crippen LogP contribution in [-0.4, -0.2) is 39.7 Å². The third-order valence-electron chi connectivity index (χ3n) is 8.11. The molecule has 3 aromatic rings. The summed E-state index contributed by atoms with van der Waals surface area (Å²) in [5.41, 5.74) is 2.36. The summed E-state index contributed by atoms with van der Waals surface area (Å²) < 4.78 is 22.1. The maximum atomic E-state index is 14.6. The van der Waals surface area contributed by atoms with Gasteiger partial charge in [0.1, 0.15) is 23.2 Å². The van der Waals surface area contributed by atoms with Crippen LogP contribution in [0.4, 0.5) is 10.1 Å². The highest BCUT2D eigenvalue weighted by atomic mass is 19.1. The van der Waals surface area contributed by atoms with Crippen LogP contribution in [0.15, 0.2) is 42.7 Å². The van der Waals surface area contributed by atoms with Gasteiger partial charge in [-0.25, -0.2) is 14.1 Å². The van der Waals surface area contributed by atoms with Crippen LogP contribution in [0, 0.1) is 35.4 Å². The molecule has 2 atom stereocenters. The average Bonchev–Trinajstić information content (AvgIpc) is 3.59. The second-order valence-corrected chi connectivity index (χ2v) is 11.0. The van der Waals surface area contributed by atoms with E-state index < -0.39 is 17.1 Å². The lowest BCUT2D eigenvalue weighted by Crippen LogP contribution is -2.35. The van der Waals surface area contributed by atoms with Crippen LogP contribution < -0.4 is 10.2 Å². The Hall–Kier alpha value is -4.10. The molecule has 0 bridgehead atoms. The number of nitriles is 1. The van der Waals surface area contributed by atoms with Crippen molar-refractivity contribution >= 4 is 17.5 Å². The second kappa shape index (κ2) is 10.5. The molecule has 2 amide bonds. The molecule has 2 aromatic heterocycles. The van der Waals surface area contributed by atoms with Gasteiger partial charge in [-0.1, -0.05) is 0 Å². The summed E-state index contributed by atoms with van der Waals surface area (Å²) in [5.74, 6) is -0.922. The molecule has 1 saturated carbocycles. The quantitative estimate of drug-likeness (QED) is 0.464. The zero-order chi connectivity index (χ0) is 27.9. The molecule has 1 aromatic carbocycles. The molecule has 1 N–H and O–H groups in total. The van der Waals surface area contributed by atoms with Gasteiger partial charge in [0.15, 0.2) is 0 Å². The van der Waals surface area contributed by atoms with Crippen molar-refractivity contribution in [3.05, 3.63) is 65.5 Å². The number of ether oxygens (including phenoxy) is 1. The highest BCUT2D eigenvalue weighted by Crippen LogP contribution is 2.51. The number of carbonyl (C=O) groups is 2. The lowest BCUT2D eigenvalue weighted by molar-refractivity contribution is -0.123. The fourth-order valence-electron chi connectivity index (χ4n) is 5.83. The third kappa shape index (κ3) is 4.97. The number of rotatable bonds is 7. The van der Waals surface area contributed by atoms with E-state index in [2.05, 4.69) is 21.5 Å². The van der Waals surface area contributed by atoms with E-state index in [0.29, 0.717) is 42.1 Å². The lowest BCUT2D eigenvalue weighted by atomic mass is 9.83. The predicted molar refractivity (Wildman–Crippen MR) is 144 cm³/mol. The van der Waals surface area contributed by atoms with E-state index in [1.165, 1.54) is 12.1 Å². The molecule has 3 fully saturated rings. The van der Waals surface area contributed by atoms with Crippen LogP contribution in [0.5, 0.6) is 0 Å². The van der Waals surface area contributed by atoms with Crippen LogP contribution in [0.25, 0.3) is 11.1 Å². The van der Waals surface area contributed by atoms with Gasteiger partial charge >= 0.3 is 0 Å². The number of aromatic nitrogens is 3. The molecule has 1 aliphatic carbocycles. The van der Waals surface area contributed by atoms with Crippen LogP contribution in [0.2, 0.25) is 0 Å². The Bertz CT molecular complexity index is 1500. The standard InChI is InChI=1S/C30H31FN6O3/c1-19-10-25(36-8-7-30(18-32,29(36)39)23-5-6-23)14-26(35-19)28(38)33-15-20-11-21(13-24(31)12-20)22-16-34-37(17-22)27-4-2-3-9-40-27/h10-14,16-17,23,27H,2-9,15H2,1H3,(H,33,38)/t27?,30-/m1/s1. The minimum atomic E-state index is -0.964. The molecule has 2 saturated heterocycles. The smallest absolute Gasteiger partial charge is 0.270 e. The number of nitrogens with zero attached hydrogens (tertiary/aromatic N) is 5. The van der Waals surface area contributed by atoms with Crippen molar-refractivity contribution in [2.24, 2.45) is 11.3 Å². The van der Waals surface area contributed by atoms with Crippen LogP contribution in [-0.2, 0) is 16.1 Å². The Balaban J connectivity index is 1.16. The lowest BCUT2D eigenvalue weighted by Gasteiger charge is -2.22. The first-order valence-electron chi connectivity index (χ1n) is 13.8. The molecule has 2 aliphatic heterocycles. The summed E-state index contributed by atoms with van der Waals surface area (Å²) in [6.07, 6.45) is 8.74. The summed E-state index contributed by atoms with van der Waals surface area (Å²) in [5, 5.41) is 17.0. The first kappa shape index (κ1) is 26.1. The molecular formula is C30H31FN6O3. The molecule has 10 heteroatoms. The van der Waals surface area contributed by atoms with Gasteiger partial charge in [-0.15, -0.1) is 0 Å². The average molecular weight is 543 g/mol. The number of hydrogen-bond donors (Lipinski definition) is 1. The van der Waals surface area contributed by atoms with E-state index in [4.69, 9.17) is 4.74 Å². The van der Waals surface area contributed by atoms with Crippen molar-refractivity contribution in [3.8, 4) is 17.2 Å². The minimum absolute atomic E-state index is 0.0935. The Morgan fingerprint density at radius 2 is 2.05 bits per heavy atom. The van der Waals surface area contributed by atoms with Crippen molar-refractivity contribution in [1.29, 1.82) is 5.26 Å². The molecule has 1 unspecified atom stereocenters. The monoisotopic (exact) mass is 542 g/mol. The van der Waals surface area contributed by atoms with Gasteiger partial charge in [0, 0.05) is 42.8 Å². The number of benzene rings is 1. The fraction of sp³-hybridized carbons (Fsp3) is 0.433. The topological polar surface area (TPSA) is 113 Å². The number of carbonyl (C=O) groups excluding carboxylic acids is 2. The first-order chi connectivity index (χ1) is 19.4. The molecule has 3 aliphatic rings. The zero-order valence-corrected chi connectivity index (χ0v) is 22.4. The van der Waals surface area contributed by atoms with Crippen molar-refractivity contribution in [2.45, 2.75) is 58.2 Å². The molecule has 6 rings (SSSR count). The number of amides is 2. The summed E-state index contributed by atoms with van der Waals surface area (Å²) in [4.78, 5) is 32.3. The number of halogens is 1. The maximum absolute atomic E-state index is 14.6. The van der Waals surface area contributed by atoms with E-state index in [0.717, 1.165) is 37.7 Å².